The Kier molecular flexibility index (Phi) is 11.6. The molecule has 0 radical (unpaired) electrons. The van der Waals surface area contributed by atoms with Gasteiger partial charge >= 0.3 is 0 Å². The maximum absolute atomic E-state index is 14.4. The zero-order valence-electron chi connectivity index (χ0n) is 24.9. The van der Waals surface area contributed by atoms with Gasteiger partial charge in [0.1, 0.15) is 18.4 Å². The van der Waals surface area contributed by atoms with Crippen molar-refractivity contribution < 1.29 is 22.4 Å². The van der Waals surface area contributed by atoms with Crippen molar-refractivity contribution in [1.29, 1.82) is 0 Å². The molecule has 4 aromatic rings. The van der Waals surface area contributed by atoms with Crippen LogP contribution in [-0.4, -0.2) is 44.3 Å². The number of anilines is 1. The molecule has 11 heteroatoms. The predicted molar refractivity (Wildman–Crippen MR) is 176 cm³/mol. The first-order chi connectivity index (χ1) is 21.5. The van der Waals surface area contributed by atoms with Gasteiger partial charge in [0, 0.05) is 19.5 Å². The van der Waals surface area contributed by atoms with Crippen molar-refractivity contribution in [2.45, 2.75) is 44.2 Å². The number of amides is 2. The van der Waals surface area contributed by atoms with Gasteiger partial charge in [0.05, 0.1) is 20.6 Å². The number of carbonyl (C=O) groups excluding carboxylic acids is 2. The third-order valence-corrected chi connectivity index (χ3v) is 9.69. The van der Waals surface area contributed by atoms with Gasteiger partial charge in [-0.05, 0) is 73.0 Å². The highest BCUT2D eigenvalue weighted by Crippen LogP contribution is 2.27. The number of nitrogens with one attached hydrogen (secondary N) is 1. The molecule has 0 aliphatic rings. The molecular formula is C34H34Cl2FN3O4S. The monoisotopic (exact) mass is 669 g/mol. The van der Waals surface area contributed by atoms with E-state index < -0.39 is 34.3 Å². The van der Waals surface area contributed by atoms with Crippen molar-refractivity contribution in [3.05, 3.63) is 130 Å². The molecule has 2 amide bonds. The van der Waals surface area contributed by atoms with Gasteiger partial charge in [-0.1, -0.05) is 84.2 Å². The van der Waals surface area contributed by atoms with Crippen LogP contribution in [0, 0.1) is 12.7 Å². The molecule has 0 saturated carbocycles. The fourth-order valence-corrected chi connectivity index (χ4v) is 6.46. The first kappa shape index (κ1) is 34.0. The normalized spacial score (nSPS) is 11.9. The molecule has 4 aromatic carbocycles. The first-order valence-electron chi connectivity index (χ1n) is 14.4. The van der Waals surface area contributed by atoms with Crippen molar-refractivity contribution in [2.75, 3.05) is 17.4 Å². The third-order valence-electron chi connectivity index (χ3n) is 7.16. The second kappa shape index (κ2) is 15.4. The summed E-state index contributed by atoms with van der Waals surface area (Å²) in [6.07, 6.45) is 0.861. The van der Waals surface area contributed by atoms with Crippen LogP contribution in [0.3, 0.4) is 0 Å². The Morgan fingerprint density at radius 2 is 1.53 bits per heavy atom. The van der Waals surface area contributed by atoms with Gasteiger partial charge in [0.2, 0.25) is 11.8 Å². The number of hydrogen-bond acceptors (Lipinski definition) is 4. The molecule has 0 aliphatic heterocycles. The lowest BCUT2D eigenvalue weighted by Gasteiger charge is -2.34. The molecule has 45 heavy (non-hydrogen) atoms. The fourth-order valence-electron chi connectivity index (χ4n) is 4.73. The summed E-state index contributed by atoms with van der Waals surface area (Å²) in [6, 6.07) is 24.3. The smallest absolute Gasteiger partial charge is 0.264 e. The number of aryl methyl sites for hydroxylation is 1. The molecule has 236 valence electrons. The van der Waals surface area contributed by atoms with Crippen LogP contribution in [0.5, 0.6) is 0 Å². The number of benzene rings is 4. The topological polar surface area (TPSA) is 86.8 Å². The van der Waals surface area contributed by atoms with Crippen LogP contribution in [0.4, 0.5) is 10.1 Å². The van der Waals surface area contributed by atoms with Crippen LogP contribution in [0.15, 0.2) is 102 Å². The van der Waals surface area contributed by atoms with Gasteiger partial charge in [-0.2, -0.15) is 0 Å². The van der Waals surface area contributed by atoms with E-state index in [1.807, 2.05) is 44.2 Å². The van der Waals surface area contributed by atoms with E-state index in [0.717, 1.165) is 39.7 Å². The summed E-state index contributed by atoms with van der Waals surface area (Å²) in [7, 11) is -4.34. The van der Waals surface area contributed by atoms with Gasteiger partial charge in [-0.3, -0.25) is 13.9 Å². The van der Waals surface area contributed by atoms with Crippen LogP contribution in [-0.2, 0) is 32.6 Å². The van der Waals surface area contributed by atoms with Crippen molar-refractivity contribution in [1.82, 2.24) is 10.2 Å². The van der Waals surface area contributed by atoms with E-state index in [9.17, 15) is 22.4 Å². The Morgan fingerprint density at radius 3 is 2.16 bits per heavy atom. The zero-order chi connectivity index (χ0) is 32.6. The highest BCUT2D eigenvalue weighted by Gasteiger charge is 2.34. The van der Waals surface area contributed by atoms with Crippen LogP contribution < -0.4 is 9.62 Å². The van der Waals surface area contributed by atoms with Crippen LogP contribution in [0.1, 0.15) is 30.0 Å². The van der Waals surface area contributed by atoms with Crippen molar-refractivity contribution in [3.8, 4) is 0 Å². The Balaban J connectivity index is 1.80. The molecule has 0 spiro atoms. The van der Waals surface area contributed by atoms with Gasteiger partial charge in [0.15, 0.2) is 0 Å². The number of sulfonamides is 1. The largest absolute Gasteiger partial charge is 0.354 e. The molecule has 0 saturated heterocycles. The number of hydrogen-bond donors (Lipinski definition) is 1. The molecule has 1 atom stereocenters. The highest BCUT2D eigenvalue weighted by atomic mass is 35.5. The Hall–Kier alpha value is -3.92. The maximum atomic E-state index is 14.4. The second-order valence-corrected chi connectivity index (χ2v) is 13.2. The minimum absolute atomic E-state index is 0.0505. The van der Waals surface area contributed by atoms with E-state index in [4.69, 9.17) is 23.2 Å². The molecule has 7 nitrogen and oxygen atoms in total. The number of halogens is 3. The molecule has 4 rings (SSSR count). The number of nitrogens with zero attached hydrogens (tertiary/aromatic N) is 2. The molecule has 1 N–H and O–H groups in total. The van der Waals surface area contributed by atoms with Gasteiger partial charge in [-0.25, -0.2) is 12.8 Å². The summed E-state index contributed by atoms with van der Waals surface area (Å²) in [5.74, 6) is -1.60. The lowest BCUT2D eigenvalue weighted by Crippen LogP contribution is -2.53. The number of rotatable bonds is 13. The van der Waals surface area contributed by atoms with Crippen LogP contribution >= 0.6 is 23.2 Å². The van der Waals surface area contributed by atoms with E-state index in [1.165, 1.54) is 4.90 Å². The van der Waals surface area contributed by atoms with E-state index in [-0.39, 0.29) is 34.5 Å². The maximum Gasteiger partial charge on any atom is 0.264 e. The molecule has 0 aliphatic carbocycles. The lowest BCUT2D eigenvalue weighted by molar-refractivity contribution is -0.140. The lowest BCUT2D eigenvalue weighted by atomic mass is 10.0. The highest BCUT2D eigenvalue weighted by molar-refractivity contribution is 7.92. The van der Waals surface area contributed by atoms with E-state index >= 15 is 0 Å². The van der Waals surface area contributed by atoms with Gasteiger partial charge in [-0.15, -0.1) is 0 Å². The minimum atomic E-state index is -4.34. The summed E-state index contributed by atoms with van der Waals surface area (Å²) in [4.78, 5) is 29.3. The zero-order valence-corrected chi connectivity index (χ0v) is 27.2. The average Bonchev–Trinajstić information content (AvgIpc) is 3.03. The summed E-state index contributed by atoms with van der Waals surface area (Å²) >= 11 is 12.5. The molecule has 0 unspecified atom stereocenters. The molecule has 0 heterocycles. The molecular weight excluding hydrogens is 636 g/mol. The fraction of sp³-hybridized carbons (Fsp3) is 0.235. The van der Waals surface area contributed by atoms with Crippen LogP contribution in [0.2, 0.25) is 10.0 Å². The summed E-state index contributed by atoms with van der Waals surface area (Å²) < 4.78 is 42.7. The van der Waals surface area contributed by atoms with E-state index in [1.54, 1.807) is 42.5 Å². The summed E-state index contributed by atoms with van der Waals surface area (Å²) in [5, 5.41) is 3.50. The Bertz CT molecular complexity index is 1720. The van der Waals surface area contributed by atoms with Crippen molar-refractivity contribution in [2.24, 2.45) is 0 Å². The molecule has 0 aromatic heterocycles. The summed E-state index contributed by atoms with van der Waals surface area (Å²) in [6.45, 7) is 3.50. The van der Waals surface area contributed by atoms with Crippen molar-refractivity contribution >= 4 is 50.7 Å². The average molecular weight is 671 g/mol. The molecule has 0 fully saturated rings. The Labute approximate surface area is 273 Å². The SMILES string of the molecule is CCCNC(=O)[C@H](Cc1ccccc1)N(Cc1ccc(Cl)c(Cl)c1)C(=O)CN(c1ccc(C)cc1)S(=O)(=O)c1ccc(F)cc1. The quantitative estimate of drug-likeness (QED) is 0.170. The molecule has 0 bridgehead atoms. The predicted octanol–water partition coefficient (Wildman–Crippen LogP) is 6.80. The van der Waals surface area contributed by atoms with Crippen LogP contribution in [0.25, 0.3) is 0 Å². The van der Waals surface area contributed by atoms with Crippen molar-refractivity contribution in [3.63, 3.8) is 0 Å². The van der Waals surface area contributed by atoms with Gasteiger partial charge in [0.25, 0.3) is 10.0 Å². The first-order valence-corrected chi connectivity index (χ1v) is 16.6. The van der Waals surface area contributed by atoms with Gasteiger partial charge < -0.3 is 10.2 Å². The van der Waals surface area contributed by atoms with E-state index in [2.05, 4.69) is 5.32 Å². The number of carbonyl (C=O) groups is 2. The van der Waals surface area contributed by atoms with E-state index in [0.29, 0.717) is 23.6 Å². The standard InChI is InChI=1S/C34H34Cl2FN3O4S/c1-3-19-38-34(42)32(21-25-7-5-4-6-8-25)39(22-26-11-18-30(35)31(36)20-26)33(41)23-40(28-14-9-24(2)10-15-28)45(43,44)29-16-12-27(37)13-17-29/h4-18,20,32H,3,19,21-23H2,1-2H3,(H,38,42)/t32-/m0/s1. The second-order valence-electron chi connectivity index (χ2n) is 10.6. The minimum Gasteiger partial charge on any atom is -0.354 e. The summed E-state index contributed by atoms with van der Waals surface area (Å²) in [5.41, 5.74) is 2.54. The Morgan fingerprint density at radius 1 is 0.867 bits per heavy atom. The third kappa shape index (κ3) is 8.84.